The summed E-state index contributed by atoms with van der Waals surface area (Å²) >= 11 is 0. The molecule has 3 aromatic rings. The molecule has 0 aliphatic carbocycles. The maximum atomic E-state index is 11.3. The third-order valence-corrected chi connectivity index (χ3v) is 4.05. The van der Waals surface area contributed by atoms with Gasteiger partial charge in [0.1, 0.15) is 5.75 Å². The maximum Gasteiger partial charge on any atom is 0.335 e. The van der Waals surface area contributed by atoms with Gasteiger partial charge in [0.15, 0.2) is 0 Å². The van der Waals surface area contributed by atoms with E-state index in [1.54, 1.807) is 30.3 Å². The molecule has 4 N–H and O–H groups in total. The van der Waals surface area contributed by atoms with Crippen molar-refractivity contribution in [2.24, 2.45) is 0 Å². The molecule has 0 radical (unpaired) electrons. The molecule has 0 fully saturated rings. The van der Waals surface area contributed by atoms with Crippen LogP contribution in [0.2, 0.25) is 0 Å². The summed E-state index contributed by atoms with van der Waals surface area (Å²) in [5.74, 6) is -0.749. The summed E-state index contributed by atoms with van der Waals surface area (Å²) in [5.41, 5.74) is 3.55. The molecule has 3 aromatic carbocycles. The van der Waals surface area contributed by atoms with Crippen LogP contribution < -0.4 is 10.6 Å². The normalized spacial score (nSPS) is 10.3. The molecular formula is C21H20N2O3. The zero-order valence-corrected chi connectivity index (χ0v) is 14.1. The SMILES string of the molecule is O=C(O)c1ccc(NCc2ccccc2O)c(NCc2ccccc2)c1. The maximum absolute atomic E-state index is 11.3. The summed E-state index contributed by atoms with van der Waals surface area (Å²) in [7, 11) is 0. The predicted molar refractivity (Wildman–Crippen MR) is 103 cm³/mol. The molecule has 3 rings (SSSR count). The third-order valence-electron chi connectivity index (χ3n) is 4.05. The van der Waals surface area contributed by atoms with Crippen LogP contribution in [0.5, 0.6) is 5.75 Å². The van der Waals surface area contributed by atoms with Crippen LogP contribution in [-0.2, 0) is 13.1 Å². The van der Waals surface area contributed by atoms with E-state index in [1.807, 2.05) is 42.5 Å². The van der Waals surface area contributed by atoms with E-state index in [0.29, 0.717) is 18.8 Å². The van der Waals surface area contributed by atoms with Crippen molar-refractivity contribution in [3.63, 3.8) is 0 Å². The summed E-state index contributed by atoms with van der Waals surface area (Å²) in [6.07, 6.45) is 0. The Hall–Kier alpha value is -3.47. The standard InChI is InChI=1S/C21H20N2O3/c24-20-9-5-4-8-17(20)14-23-18-11-10-16(21(25)26)12-19(18)22-13-15-6-2-1-3-7-15/h1-12,22-24H,13-14H2,(H,25,26). The van der Waals surface area contributed by atoms with Gasteiger partial charge in [0.25, 0.3) is 0 Å². The first-order valence-corrected chi connectivity index (χ1v) is 8.29. The van der Waals surface area contributed by atoms with Gasteiger partial charge in [0.2, 0.25) is 0 Å². The molecule has 0 aliphatic rings. The minimum absolute atomic E-state index is 0.216. The number of phenols is 1. The van der Waals surface area contributed by atoms with Gasteiger partial charge in [0, 0.05) is 18.7 Å². The Morgan fingerprint density at radius 1 is 0.808 bits per heavy atom. The second kappa shape index (κ2) is 8.07. The zero-order valence-electron chi connectivity index (χ0n) is 14.1. The van der Waals surface area contributed by atoms with Gasteiger partial charge in [0.05, 0.1) is 16.9 Å². The number of carboxylic acids is 1. The number of para-hydroxylation sites is 1. The molecule has 0 aliphatic heterocycles. The van der Waals surface area contributed by atoms with Gasteiger partial charge in [-0.25, -0.2) is 4.79 Å². The summed E-state index contributed by atoms with van der Waals surface area (Å²) in [4.78, 5) is 11.3. The fourth-order valence-corrected chi connectivity index (χ4v) is 2.62. The van der Waals surface area contributed by atoms with Crippen LogP contribution in [0, 0.1) is 0 Å². The van der Waals surface area contributed by atoms with E-state index < -0.39 is 5.97 Å². The monoisotopic (exact) mass is 348 g/mol. The first-order valence-electron chi connectivity index (χ1n) is 8.29. The van der Waals surface area contributed by atoms with Crippen molar-refractivity contribution in [1.29, 1.82) is 0 Å². The molecular weight excluding hydrogens is 328 g/mol. The Morgan fingerprint density at radius 3 is 2.23 bits per heavy atom. The van der Waals surface area contributed by atoms with Gasteiger partial charge in [-0.2, -0.15) is 0 Å². The van der Waals surface area contributed by atoms with Crippen LogP contribution in [0.1, 0.15) is 21.5 Å². The number of aromatic carboxylic acids is 1. The number of benzene rings is 3. The number of anilines is 2. The van der Waals surface area contributed by atoms with Gasteiger partial charge in [-0.15, -0.1) is 0 Å². The number of aromatic hydroxyl groups is 1. The van der Waals surface area contributed by atoms with Crippen LogP contribution in [0.25, 0.3) is 0 Å². The molecule has 5 heteroatoms. The van der Waals surface area contributed by atoms with Crippen LogP contribution in [0.3, 0.4) is 0 Å². The molecule has 0 unspecified atom stereocenters. The second-order valence-corrected chi connectivity index (χ2v) is 5.89. The molecule has 0 amide bonds. The van der Waals surface area contributed by atoms with Crippen LogP contribution in [0.15, 0.2) is 72.8 Å². The Labute approximate surface area is 151 Å². The summed E-state index contributed by atoms with van der Waals surface area (Å²) in [6, 6.07) is 21.9. The topological polar surface area (TPSA) is 81.6 Å². The average molecular weight is 348 g/mol. The van der Waals surface area contributed by atoms with Crippen molar-refractivity contribution < 1.29 is 15.0 Å². The number of hydrogen-bond donors (Lipinski definition) is 4. The summed E-state index contributed by atoms with van der Waals surface area (Å²) in [6.45, 7) is 1.01. The Kier molecular flexibility index (Phi) is 5.39. The highest BCUT2D eigenvalue weighted by atomic mass is 16.4. The number of nitrogens with one attached hydrogen (secondary N) is 2. The van der Waals surface area contributed by atoms with Crippen LogP contribution in [-0.4, -0.2) is 16.2 Å². The first kappa shape index (κ1) is 17.4. The van der Waals surface area contributed by atoms with Crippen molar-refractivity contribution >= 4 is 17.3 Å². The van der Waals surface area contributed by atoms with Crippen molar-refractivity contribution in [2.75, 3.05) is 10.6 Å². The lowest BCUT2D eigenvalue weighted by Crippen LogP contribution is -2.07. The third kappa shape index (κ3) is 4.33. The number of phenolic OH excluding ortho intramolecular Hbond substituents is 1. The molecule has 132 valence electrons. The van der Waals surface area contributed by atoms with Gasteiger partial charge in [-0.3, -0.25) is 0 Å². The van der Waals surface area contributed by atoms with Gasteiger partial charge < -0.3 is 20.8 Å². The second-order valence-electron chi connectivity index (χ2n) is 5.89. The van der Waals surface area contributed by atoms with Crippen molar-refractivity contribution in [2.45, 2.75) is 13.1 Å². The molecule has 5 nitrogen and oxygen atoms in total. The zero-order chi connectivity index (χ0) is 18.4. The van der Waals surface area contributed by atoms with E-state index in [2.05, 4.69) is 10.6 Å². The summed E-state index contributed by atoms with van der Waals surface area (Å²) in [5, 5.41) is 25.7. The van der Waals surface area contributed by atoms with E-state index in [1.165, 1.54) is 0 Å². The highest BCUT2D eigenvalue weighted by molar-refractivity contribution is 5.90. The Balaban J connectivity index is 1.79. The van der Waals surface area contributed by atoms with E-state index in [9.17, 15) is 15.0 Å². The molecule has 0 heterocycles. The van der Waals surface area contributed by atoms with E-state index >= 15 is 0 Å². The Bertz CT molecular complexity index is 895. The molecule has 0 bridgehead atoms. The lowest BCUT2D eigenvalue weighted by atomic mass is 10.1. The number of carbonyl (C=O) groups is 1. The molecule has 0 atom stereocenters. The van der Waals surface area contributed by atoms with Gasteiger partial charge in [-0.1, -0.05) is 48.5 Å². The number of rotatable bonds is 7. The van der Waals surface area contributed by atoms with E-state index in [0.717, 1.165) is 16.8 Å². The summed E-state index contributed by atoms with van der Waals surface area (Å²) < 4.78 is 0. The molecule has 0 saturated heterocycles. The van der Waals surface area contributed by atoms with Crippen LogP contribution >= 0.6 is 0 Å². The Morgan fingerprint density at radius 2 is 1.50 bits per heavy atom. The number of carboxylic acid groups (broad SMARTS) is 1. The van der Waals surface area contributed by atoms with E-state index in [4.69, 9.17) is 0 Å². The minimum Gasteiger partial charge on any atom is -0.508 e. The average Bonchev–Trinajstić information content (AvgIpc) is 2.67. The lowest BCUT2D eigenvalue weighted by molar-refractivity contribution is 0.0697. The fourth-order valence-electron chi connectivity index (χ4n) is 2.62. The van der Waals surface area contributed by atoms with Gasteiger partial charge in [-0.05, 0) is 29.8 Å². The lowest BCUT2D eigenvalue weighted by Gasteiger charge is -2.15. The molecule has 26 heavy (non-hydrogen) atoms. The van der Waals surface area contributed by atoms with Gasteiger partial charge >= 0.3 is 5.97 Å². The minimum atomic E-state index is -0.972. The first-order chi connectivity index (χ1) is 12.6. The van der Waals surface area contributed by atoms with Crippen molar-refractivity contribution in [3.8, 4) is 5.75 Å². The van der Waals surface area contributed by atoms with Crippen molar-refractivity contribution in [3.05, 3.63) is 89.5 Å². The fraction of sp³-hybridized carbons (Fsp3) is 0.0952. The van der Waals surface area contributed by atoms with E-state index in [-0.39, 0.29) is 11.3 Å². The predicted octanol–water partition coefficient (Wildman–Crippen LogP) is 4.31. The van der Waals surface area contributed by atoms with Crippen molar-refractivity contribution in [1.82, 2.24) is 0 Å². The van der Waals surface area contributed by atoms with Crippen LogP contribution in [0.4, 0.5) is 11.4 Å². The highest BCUT2D eigenvalue weighted by Gasteiger charge is 2.09. The quantitative estimate of drug-likeness (QED) is 0.511. The molecule has 0 spiro atoms. The molecule has 0 saturated carbocycles. The number of hydrogen-bond acceptors (Lipinski definition) is 4. The largest absolute Gasteiger partial charge is 0.508 e. The smallest absolute Gasteiger partial charge is 0.335 e. The highest BCUT2D eigenvalue weighted by Crippen LogP contribution is 2.26. The molecule has 0 aromatic heterocycles.